The van der Waals surface area contributed by atoms with E-state index >= 15 is 0 Å². The van der Waals surface area contributed by atoms with E-state index in [9.17, 15) is 9.59 Å². The van der Waals surface area contributed by atoms with Crippen molar-refractivity contribution < 1.29 is 0 Å². The lowest BCUT2D eigenvalue weighted by molar-refractivity contribution is 0.811. The molecule has 0 aliphatic heterocycles. The quantitative estimate of drug-likeness (QED) is 0.488. The molecular weight excluding hydrogens is 160 g/mol. The van der Waals surface area contributed by atoms with Crippen molar-refractivity contribution in [3.8, 4) is 0 Å². The number of aromatic amines is 1. The largest absolute Gasteiger partial charge is 0.391 e. The van der Waals surface area contributed by atoms with E-state index in [4.69, 9.17) is 5.73 Å². The molecule has 0 saturated carbocycles. The minimum Gasteiger partial charge on any atom is -0.391 e. The van der Waals surface area contributed by atoms with Crippen LogP contribution in [-0.2, 0) is 7.05 Å². The van der Waals surface area contributed by atoms with E-state index < -0.39 is 11.2 Å². The zero-order valence-electron chi connectivity index (χ0n) is 6.84. The van der Waals surface area contributed by atoms with Gasteiger partial charge < -0.3 is 11.1 Å². The number of rotatable bonds is 1. The molecular formula is C6H10N4O2. The van der Waals surface area contributed by atoms with Crippen LogP contribution < -0.4 is 22.3 Å². The Morgan fingerprint density at radius 1 is 1.50 bits per heavy atom. The minimum atomic E-state index is -0.567. The number of aromatic nitrogens is 2. The van der Waals surface area contributed by atoms with E-state index in [-0.39, 0.29) is 5.69 Å². The molecule has 4 N–H and O–H groups in total. The van der Waals surface area contributed by atoms with Gasteiger partial charge in [0.15, 0.2) is 0 Å². The van der Waals surface area contributed by atoms with E-state index in [1.807, 2.05) is 0 Å². The van der Waals surface area contributed by atoms with Gasteiger partial charge in [-0.1, -0.05) is 0 Å². The predicted octanol–water partition coefficient (Wildman–Crippen LogP) is -1.30. The van der Waals surface area contributed by atoms with E-state index in [0.29, 0.717) is 5.82 Å². The molecule has 0 atom stereocenters. The Morgan fingerprint density at radius 2 is 2.08 bits per heavy atom. The molecule has 0 fully saturated rings. The molecule has 1 aromatic heterocycles. The predicted molar refractivity (Wildman–Crippen MR) is 46.3 cm³/mol. The maximum Gasteiger partial charge on any atom is 0.329 e. The van der Waals surface area contributed by atoms with Crippen molar-refractivity contribution in [1.29, 1.82) is 0 Å². The summed E-state index contributed by atoms with van der Waals surface area (Å²) in [5.74, 6) is 0.323. The number of nitrogens with two attached hydrogens (primary N) is 1. The second-order valence-electron chi connectivity index (χ2n) is 2.33. The molecule has 0 aromatic carbocycles. The van der Waals surface area contributed by atoms with Crippen LogP contribution in [0.25, 0.3) is 0 Å². The third kappa shape index (κ3) is 1.07. The molecule has 0 amide bonds. The summed E-state index contributed by atoms with van der Waals surface area (Å²) >= 11 is 0. The highest BCUT2D eigenvalue weighted by atomic mass is 16.2. The first-order valence-corrected chi connectivity index (χ1v) is 3.34. The van der Waals surface area contributed by atoms with Gasteiger partial charge in [0.05, 0.1) is 0 Å². The first-order valence-electron chi connectivity index (χ1n) is 3.34. The van der Waals surface area contributed by atoms with Crippen LogP contribution in [0.4, 0.5) is 11.5 Å². The zero-order valence-corrected chi connectivity index (χ0v) is 6.84. The third-order valence-electron chi connectivity index (χ3n) is 1.60. The zero-order chi connectivity index (χ0) is 9.30. The van der Waals surface area contributed by atoms with Crippen LogP contribution in [0.5, 0.6) is 0 Å². The standard InChI is InChI=1S/C6H10N4O2/c1-8-4-3(7)5(11)9-6(12)10(4)2/h8H,7H2,1-2H3,(H,9,11,12). The number of H-pyrrole nitrogens is 1. The summed E-state index contributed by atoms with van der Waals surface area (Å²) in [5.41, 5.74) is 4.36. The van der Waals surface area contributed by atoms with Crippen LogP contribution in [-0.4, -0.2) is 16.6 Å². The van der Waals surface area contributed by atoms with Gasteiger partial charge in [-0.05, 0) is 0 Å². The molecule has 1 aromatic rings. The third-order valence-corrected chi connectivity index (χ3v) is 1.60. The fraction of sp³-hybridized carbons (Fsp3) is 0.333. The molecule has 0 radical (unpaired) electrons. The Kier molecular flexibility index (Phi) is 1.90. The lowest BCUT2D eigenvalue weighted by Gasteiger charge is -2.07. The molecule has 0 spiro atoms. The second kappa shape index (κ2) is 2.72. The normalized spacial score (nSPS) is 9.83. The molecule has 1 rings (SSSR count). The number of hydrogen-bond donors (Lipinski definition) is 3. The van der Waals surface area contributed by atoms with Crippen molar-refractivity contribution in [3.63, 3.8) is 0 Å². The number of hydrogen-bond acceptors (Lipinski definition) is 4. The number of nitrogen functional groups attached to an aromatic ring is 1. The van der Waals surface area contributed by atoms with Gasteiger partial charge in [-0.15, -0.1) is 0 Å². The fourth-order valence-corrected chi connectivity index (χ4v) is 0.940. The van der Waals surface area contributed by atoms with Crippen LogP contribution in [0.3, 0.4) is 0 Å². The topological polar surface area (TPSA) is 92.9 Å². The Bertz CT molecular complexity index is 369. The number of nitrogens with zero attached hydrogens (tertiary/aromatic N) is 1. The second-order valence-corrected chi connectivity index (χ2v) is 2.33. The van der Waals surface area contributed by atoms with Gasteiger partial charge in [-0.25, -0.2) is 4.79 Å². The van der Waals surface area contributed by atoms with Crippen LogP contribution >= 0.6 is 0 Å². The van der Waals surface area contributed by atoms with E-state index in [0.717, 1.165) is 0 Å². The lowest BCUT2D eigenvalue weighted by Crippen LogP contribution is -2.31. The average Bonchev–Trinajstić information content (AvgIpc) is 2.02. The summed E-state index contributed by atoms with van der Waals surface area (Å²) in [4.78, 5) is 24.0. The highest BCUT2D eigenvalue weighted by molar-refractivity contribution is 5.59. The lowest BCUT2D eigenvalue weighted by atomic mass is 10.4. The summed E-state index contributed by atoms with van der Waals surface area (Å²) in [5, 5.41) is 2.66. The smallest absolute Gasteiger partial charge is 0.329 e. The van der Waals surface area contributed by atoms with Gasteiger partial charge in [0.2, 0.25) is 0 Å². The maximum absolute atomic E-state index is 11.0. The number of anilines is 2. The molecule has 6 nitrogen and oxygen atoms in total. The average molecular weight is 170 g/mol. The maximum atomic E-state index is 11.0. The van der Waals surface area contributed by atoms with Gasteiger partial charge in [0, 0.05) is 14.1 Å². The minimum absolute atomic E-state index is 0.0135. The van der Waals surface area contributed by atoms with E-state index in [1.54, 1.807) is 7.05 Å². The summed E-state index contributed by atoms with van der Waals surface area (Å²) < 4.78 is 1.23. The van der Waals surface area contributed by atoms with E-state index in [2.05, 4.69) is 10.3 Å². The Morgan fingerprint density at radius 3 is 2.58 bits per heavy atom. The highest BCUT2D eigenvalue weighted by Gasteiger charge is 2.06. The van der Waals surface area contributed by atoms with Crippen molar-refractivity contribution in [2.45, 2.75) is 0 Å². The van der Waals surface area contributed by atoms with Crippen LogP contribution in [0.1, 0.15) is 0 Å². The molecule has 6 heteroatoms. The molecule has 66 valence electrons. The molecule has 0 aliphatic rings. The molecule has 0 unspecified atom stereocenters. The Hall–Kier alpha value is -1.72. The molecule has 1 heterocycles. The first-order chi connectivity index (χ1) is 5.57. The van der Waals surface area contributed by atoms with Crippen molar-refractivity contribution in [2.24, 2.45) is 7.05 Å². The van der Waals surface area contributed by atoms with Crippen molar-refractivity contribution in [2.75, 3.05) is 18.1 Å². The van der Waals surface area contributed by atoms with Crippen LogP contribution in [0.2, 0.25) is 0 Å². The van der Waals surface area contributed by atoms with E-state index in [1.165, 1.54) is 11.6 Å². The Labute approximate surface area is 68.0 Å². The fourth-order valence-electron chi connectivity index (χ4n) is 0.940. The summed E-state index contributed by atoms with van der Waals surface area (Å²) in [6.45, 7) is 0. The van der Waals surface area contributed by atoms with Gasteiger partial charge in [0.1, 0.15) is 11.5 Å². The SMILES string of the molecule is CNc1c(N)c(=O)[nH]c(=O)n1C. The van der Waals surface area contributed by atoms with Gasteiger partial charge in [-0.3, -0.25) is 14.3 Å². The highest BCUT2D eigenvalue weighted by Crippen LogP contribution is 2.06. The first kappa shape index (κ1) is 8.38. The molecule has 0 aliphatic carbocycles. The molecule has 12 heavy (non-hydrogen) atoms. The van der Waals surface area contributed by atoms with Gasteiger partial charge >= 0.3 is 5.69 Å². The summed E-state index contributed by atoms with van der Waals surface area (Å²) in [6.07, 6.45) is 0. The summed E-state index contributed by atoms with van der Waals surface area (Å²) in [7, 11) is 3.10. The van der Waals surface area contributed by atoms with Gasteiger partial charge in [-0.2, -0.15) is 0 Å². The molecule has 0 saturated heterocycles. The number of nitrogens with one attached hydrogen (secondary N) is 2. The Balaban J connectivity index is 3.65. The summed E-state index contributed by atoms with van der Waals surface area (Å²) in [6, 6.07) is 0. The van der Waals surface area contributed by atoms with Crippen LogP contribution in [0, 0.1) is 0 Å². The van der Waals surface area contributed by atoms with Crippen molar-refractivity contribution in [1.82, 2.24) is 9.55 Å². The van der Waals surface area contributed by atoms with Crippen molar-refractivity contribution >= 4 is 11.5 Å². The van der Waals surface area contributed by atoms with Crippen molar-refractivity contribution in [3.05, 3.63) is 20.8 Å². The van der Waals surface area contributed by atoms with Crippen LogP contribution in [0.15, 0.2) is 9.59 Å². The molecule has 0 bridgehead atoms. The monoisotopic (exact) mass is 170 g/mol. The van der Waals surface area contributed by atoms with Gasteiger partial charge in [0.25, 0.3) is 5.56 Å².